The van der Waals surface area contributed by atoms with Crippen LogP contribution in [-0.2, 0) is 12.8 Å². The number of aryl methyl sites for hydroxylation is 2. The molecule has 2 aromatic heterocycles. The molecule has 4 heteroatoms. The van der Waals surface area contributed by atoms with Crippen molar-refractivity contribution in [3.8, 4) is 22.9 Å². The van der Waals surface area contributed by atoms with Crippen LogP contribution < -0.4 is 0 Å². The van der Waals surface area contributed by atoms with Gasteiger partial charge in [0.1, 0.15) is 15.2 Å². The fourth-order valence-corrected chi connectivity index (χ4v) is 24.7. The summed E-state index contributed by atoms with van der Waals surface area (Å²) in [7, 11) is -3.83. The van der Waals surface area contributed by atoms with Crippen molar-refractivity contribution >= 4 is 37.9 Å². The maximum Gasteiger partial charge on any atom is 0.145 e. The van der Waals surface area contributed by atoms with Crippen LogP contribution in [0.25, 0.3) is 0 Å². The number of rotatable bonds is 15. The highest BCUT2D eigenvalue weighted by molar-refractivity contribution is 7.48. The second kappa shape index (κ2) is 16.7. The van der Waals surface area contributed by atoms with Gasteiger partial charge in [-0.05, 0) is 61.3 Å². The molecule has 36 heavy (non-hydrogen) atoms. The highest BCUT2D eigenvalue weighted by Gasteiger charge is 2.52. The second-order valence-corrected chi connectivity index (χ2v) is 25.2. The van der Waals surface area contributed by atoms with Gasteiger partial charge in [0, 0.05) is 9.75 Å². The van der Waals surface area contributed by atoms with Gasteiger partial charge < -0.3 is 0 Å². The van der Waals surface area contributed by atoms with E-state index in [0.717, 1.165) is 12.8 Å². The average molecular weight is 555 g/mol. The monoisotopic (exact) mass is 554 g/mol. The summed E-state index contributed by atoms with van der Waals surface area (Å²) in [5, 5.41) is 0. The molecule has 2 heterocycles. The molecular weight excluding hydrogens is 505 g/mol. The molecule has 0 nitrogen and oxygen atoms in total. The van der Waals surface area contributed by atoms with E-state index in [2.05, 4.69) is 88.7 Å². The first-order chi connectivity index (χ1) is 17.5. The van der Waals surface area contributed by atoms with Crippen LogP contribution in [0.5, 0.6) is 0 Å². The number of hydrogen-bond donors (Lipinski definition) is 0. The SMILES string of the molecule is CCCC[Si](C#Cc1ccc(CC)s1)(CCCC)[Si](C#Cc1ccc(CC)s1)(CCCC)CCCC. The maximum absolute atomic E-state index is 4.23. The van der Waals surface area contributed by atoms with Crippen LogP contribution in [0.1, 0.15) is 112 Å². The lowest BCUT2D eigenvalue weighted by atomic mass is 10.4. The van der Waals surface area contributed by atoms with Crippen LogP contribution in [0.2, 0.25) is 24.2 Å². The minimum Gasteiger partial charge on any atom is -0.132 e. The minimum atomic E-state index is -1.92. The molecule has 0 atom stereocenters. The lowest BCUT2D eigenvalue weighted by Crippen LogP contribution is -2.62. The summed E-state index contributed by atoms with van der Waals surface area (Å²) in [6.45, 7) is 14.0. The number of hydrogen-bond acceptors (Lipinski definition) is 2. The van der Waals surface area contributed by atoms with Gasteiger partial charge in [-0.3, -0.25) is 0 Å². The number of unbranched alkanes of at least 4 members (excludes halogenated alkanes) is 4. The second-order valence-electron chi connectivity index (χ2n) is 10.3. The summed E-state index contributed by atoms with van der Waals surface area (Å²) >= 11 is 3.83. The molecule has 0 unspecified atom stereocenters. The Hall–Kier alpha value is -1.05. The van der Waals surface area contributed by atoms with Crippen LogP contribution in [-0.4, -0.2) is 15.2 Å². The third-order valence-corrected chi connectivity index (χ3v) is 27.0. The van der Waals surface area contributed by atoms with Crippen LogP contribution in [0.3, 0.4) is 0 Å². The molecule has 0 aliphatic carbocycles. The molecule has 0 saturated heterocycles. The first-order valence-corrected chi connectivity index (χ1v) is 22.2. The Kier molecular flexibility index (Phi) is 14.5. The van der Waals surface area contributed by atoms with E-state index in [1.54, 1.807) is 0 Å². The first kappa shape index (κ1) is 31.2. The lowest BCUT2D eigenvalue weighted by molar-refractivity contribution is 0.823. The van der Waals surface area contributed by atoms with Gasteiger partial charge in [0.05, 0.1) is 9.75 Å². The largest absolute Gasteiger partial charge is 0.145 e. The Labute approximate surface area is 233 Å². The van der Waals surface area contributed by atoms with Crippen LogP contribution >= 0.6 is 22.7 Å². The molecule has 0 saturated carbocycles. The van der Waals surface area contributed by atoms with E-state index in [0.29, 0.717) is 0 Å². The van der Waals surface area contributed by atoms with Gasteiger partial charge in [0.2, 0.25) is 0 Å². The Morgan fingerprint density at radius 1 is 0.528 bits per heavy atom. The van der Waals surface area contributed by atoms with Gasteiger partial charge in [-0.1, -0.05) is 105 Å². The molecule has 0 amide bonds. The quantitative estimate of drug-likeness (QED) is 0.152. The molecule has 2 rings (SSSR count). The molecule has 0 bridgehead atoms. The van der Waals surface area contributed by atoms with Crippen molar-refractivity contribution in [2.24, 2.45) is 0 Å². The third-order valence-electron chi connectivity index (χ3n) is 7.61. The van der Waals surface area contributed by atoms with Gasteiger partial charge in [0.25, 0.3) is 0 Å². The highest BCUT2D eigenvalue weighted by atomic mass is 32.1. The van der Waals surface area contributed by atoms with Crippen molar-refractivity contribution in [1.29, 1.82) is 0 Å². The molecule has 0 radical (unpaired) electrons. The number of thiophene rings is 2. The summed E-state index contributed by atoms with van der Waals surface area (Å²) in [4.78, 5) is 5.48. The van der Waals surface area contributed by atoms with Crippen molar-refractivity contribution < 1.29 is 0 Å². The van der Waals surface area contributed by atoms with E-state index in [4.69, 9.17) is 0 Å². The zero-order valence-corrected chi connectivity index (χ0v) is 27.7. The van der Waals surface area contributed by atoms with E-state index in [1.165, 1.54) is 95.1 Å². The van der Waals surface area contributed by atoms with Gasteiger partial charge in [-0.15, -0.1) is 33.8 Å². The maximum atomic E-state index is 4.23. The minimum absolute atomic E-state index is 1.11. The summed E-state index contributed by atoms with van der Waals surface area (Å²) in [5.74, 6) is 7.65. The molecule has 2 aromatic rings. The van der Waals surface area contributed by atoms with Gasteiger partial charge >= 0.3 is 0 Å². The Morgan fingerprint density at radius 3 is 1.11 bits per heavy atom. The Bertz CT molecular complexity index is 910. The molecule has 0 N–H and O–H groups in total. The predicted octanol–water partition coefficient (Wildman–Crippen LogP) is 10.6. The smallest absolute Gasteiger partial charge is 0.132 e. The lowest BCUT2D eigenvalue weighted by Gasteiger charge is -2.42. The molecular formula is C32H50S2Si2. The summed E-state index contributed by atoms with van der Waals surface area (Å²) in [5.41, 5.74) is 8.46. The van der Waals surface area contributed by atoms with E-state index in [1.807, 2.05) is 22.7 Å². The van der Waals surface area contributed by atoms with E-state index < -0.39 is 15.2 Å². The molecule has 0 fully saturated rings. The van der Waals surface area contributed by atoms with Crippen molar-refractivity contribution in [3.05, 3.63) is 43.8 Å². The Morgan fingerprint density at radius 2 is 0.861 bits per heavy atom. The summed E-state index contributed by atoms with van der Waals surface area (Å²) in [6, 6.07) is 14.6. The fraction of sp³-hybridized carbons (Fsp3) is 0.625. The van der Waals surface area contributed by atoms with Crippen molar-refractivity contribution in [3.63, 3.8) is 0 Å². The van der Waals surface area contributed by atoms with E-state index in [9.17, 15) is 0 Å². The van der Waals surface area contributed by atoms with Crippen molar-refractivity contribution in [1.82, 2.24) is 0 Å². The first-order valence-electron chi connectivity index (χ1n) is 14.8. The molecule has 0 aliphatic rings. The molecule has 0 aliphatic heterocycles. The predicted molar refractivity (Wildman–Crippen MR) is 172 cm³/mol. The zero-order chi connectivity index (χ0) is 26.3. The normalized spacial score (nSPS) is 11.6. The highest BCUT2D eigenvalue weighted by Crippen LogP contribution is 2.39. The van der Waals surface area contributed by atoms with Gasteiger partial charge in [-0.2, -0.15) is 0 Å². The molecule has 0 spiro atoms. The topological polar surface area (TPSA) is 0 Å². The van der Waals surface area contributed by atoms with Gasteiger partial charge in [0.15, 0.2) is 0 Å². The molecule has 198 valence electrons. The van der Waals surface area contributed by atoms with E-state index in [-0.39, 0.29) is 0 Å². The zero-order valence-electron chi connectivity index (χ0n) is 24.0. The van der Waals surface area contributed by atoms with Crippen LogP contribution in [0, 0.1) is 22.9 Å². The van der Waals surface area contributed by atoms with Crippen LogP contribution in [0.4, 0.5) is 0 Å². The van der Waals surface area contributed by atoms with Crippen molar-refractivity contribution in [2.75, 3.05) is 0 Å². The van der Waals surface area contributed by atoms with Crippen LogP contribution in [0.15, 0.2) is 24.3 Å². The average Bonchev–Trinajstić information content (AvgIpc) is 3.57. The van der Waals surface area contributed by atoms with Crippen molar-refractivity contribution in [2.45, 2.75) is 130 Å². The summed E-state index contributed by atoms with van der Waals surface area (Å²) in [6.07, 6.45) is 12.6. The third kappa shape index (κ3) is 8.77. The van der Waals surface area contributed by atoms with Gasteiger partial charge in [-0.25, -0.2) is 0 Å². The Balaban J connectivity index is 2.73. The summed E-state index contributed by atoms with van der Waals surface area (Å²) < 4.78 is 0. The molecule has 0 aromatic carbocycles. The standard InChI is InChI=1S/C32H50S2Si2/c1-7-13-23-35(24-14-8-2,27-21-31-19-17-29(11-5)33-31)36(25-15-9-3,26-16-10-4)28-22-32-20-18-30(12-6)34-32/h17-20H,7-16,23-26H2,1-6H3. The van der Waals surface area contributed by atoms with E-state index >= 15 is 0 Å². The fourth-order valence-electron chi connectivity index (χ4n) is 5.24.